The van der Waals surface area contributed by atoms with Gasteiger partial charge in [0.25, 0.3) is 5.91 Å². The number of amides is 1. The molecule has 1 aromatic heterocycles. The first-order chi connectivity index (χ1) is 13.8. The number of nitrogens with zero attached hydrogens (tertiary/aromatic N) is 2. The number of fused-ring (bicyclic) bond motifs is 1. The van der Waals surface area contributed by atoms with Crippen molar-refractivity contribution >= 4 is 12.0 Å². The van der Waals surface area contributed by atoms with Crippen molar-refractivity contribution in [2.45, 2.75) is 44.2 Å². The van der Waals surface area contributed by atoms with E-state index in [0.717, 1.165) is 6.07 Å². The Morgan fingerprint density at radius 2 is 1.86 bits per heavy atom. The fraction of sp³-hybridized carbons (Fsp3) is 0.429. The van der Waals surface area contributed by atoms with Gasteiger partial charge >= 0.3 is 6.18 Å². The van der Waals surface area contributed by atoms with E-state index in [1.807, 2.05) is 0 Å². The van der Waals surface area contributed by atoms with E-state index in [-0.39, 0.29) is 17.7 Å². The molecule has 1 amide bonds. The summed E-state index contributed by atoms with van der Waals surface area (Å²) >= 11 is 0. The average molecular weight is 407 g/mol. The van der Waals surface area contributed by atoms with Crippen molar-refractivity contribution in [2.75, 3.05) is 13.1 Å². The molecule has 8 heteroatoms. The van der Waals surface area contributed by atoms with Crippen molar-refractivity contribution in [2.24, 2.45) is 0 Å². The highest BCUT2D eigenvalue weighted by molar-refractivity contribution is 5.94. The molecule has 0 spiro atoms. The third-order valence-corrected chi connectivity index (χ3v) is 5.73. The Kier molecular flexibility index (Phi) is 5.19. The zero-order valence-corrected chi connectivity index (χ0v) is 15.7. The van der Waals surface area contributed by atoms with Gasteiger partial charge in [-0.3, -0.25) is 9.89 Å². The summed E-state index contributed by atoms with van der Waals surface area (Å²) in [5, 5.41) is 6.83. The van der Waals surface area contributed by atoms with E-state index in [9.17, 15) is 22.4 Å². The third kappa shape index (κ3) is 3.93. The van der Waals surface area contributed by atoms with Crippen molar-refractivity contribution < 1.29 is 22.4 Å². The van der Waals surface area contributed by atoms with Gasteiger partial charge in [-0.2, -0.15) is 18.3 Å². The van der Waals surface area contributed by atoms with Gasteiger partial charge in [-0.25, -0.2) is 4.39 Å². The van der Waals surface area contributed by atoms with Gasteiger partial charge in [0.05, 0.1) is 11.3 Å². The van der Waals surface area contributed by atoms with Crippen molar-refractivity contribution in [3.05, 3.63) is 58.2 Å². The van der Waals surface area contributed by atoms with Gasteiger partial charge in [-0.05, 0) is 55.7 Å². The maximum atomic E-state index is 13.6. The van der Waals surface area contributed by atoms with Gasteiger partial charge in [0.2, 0.25) is 0 Å². The maximum absolute atomic E-state index is 13.6. The monoisotopic (exact) mass is 407 g/mol. The van der Waals surface area contributed by atoms with Gasteiger partial charge in [-0.1, -0.05) is 18.2 Å². The van der Waals surface area contributed by atoms with Gasteiger partial charge in [0.1, 0.15) is 5.83 Å². The number of aromatic amines is 1. The lowest BCUT2D eigenvalue weighted by atomic mass is 9.86. The van der Waals surface area contributed by atoms with Crippen LogP contribution in [-0.2, 0) is 12.6 Å². The van der Waals surface area contributed by atoms with E-state index in [1.165, 1.54) is 18.2 Å². The number of benzene rings is 1. The standard InChI is InChI=1S/C21H21F4N3O/c22-14-4-3-6-16-18(12-14)26-27-19(16)20(29)28-10-8-13(9-11-28)15-5-1-2-7-17(15)21(23,24)25/h1-2,5,7,12-13H,3-4,6,8-11H2,(H,26,27). The molecule has 2 aliphatic rings. The van der Waals surface area contributed by atoms with Crippen molar-refractivity contribution in [3.8, 4) is 0 Å². The molecular formula is C21H21F4N3O. The summed E-state index contributed by atoms with van der Waals surface area (Å²) in [6, 6.07) is 5.65. The molecule has 0 unspecified atom stereocenters. The lowest BCUT2D eigenvalue weighted by molar-refractivity contribution is -0.138. The normalized spacial score (nSPS) is 18.2. The first-order valence-corrected chi connectivity index (χ1v) is 9.73. The summed E-state index contributed by atoms with van der Waals surface area (Å²) in [4.78, 5) is 14.6. The minimum Gasteiger partial charge on any atom is -0.337 e. The number of hydrogen-bond donors (Lipinski definition) is 1. The van der Waals surface area contributed by atoms with Gasteiger partial charge in [0, 0.05) is 18.7 Å². The summed E-state index contributed by atoms with van der Waals surface area (Å²) in [5.74, 6) is -0.735. The first-order valence-electron chi connectivity index (χ1n) is 9.73. The topological polar surface area (TPSA) is 49.0 Å². The van der Waals surface area contributed by atoms with Crippen LogP contribution < -0.4 is 0 Å². The predicted molar refractivity (Wildman–Crippen MR) is 99.9 cm³/mol. The van der Waals surface area contributed by atoms with Crippen LogP contribution in [-0.4, -0.2) is 34.1 Å². The molecule has 0 atom stereocenters. The Morgan fingerprint density at radius 3 is 2.59 bits per heavy atom. The summed E-state index contributed by atoms with van der Waals surface area (Å²) in [7, 11) is 0. The van der Waals surface area contributed by atoms with E-state index in [1.54, 1.807) is 11.0 Å². The number of carbonyl (C=O) groups is 1. The van der Waals surface area contributed by atoms with Crippen LogP contribution in [0.3, 0.4) is 0 Å². The summed E-state index contributed by atoms with van der Waals surface area (Å²) < 4.78 is 53.6. The second-order valence-corrected chi connectivity index (χ2v) is 7.56. The molecule has 2 heterocycles. The molecule has 4 nitrogen and oxygen atoms in total. The number of alkyl halides is 3. The van der Waals surface area contributed by atoms with Crippen LogP contribution in [0.1, 0.15) is 64.5 Å². The molecule has 1 aliphatic carbocycles. The zero-order valence-electron chi connectivity index (χ0n) is 15.7. The minimum absolute atomic E-state index is 0.240. The van der Waals surface area contributed by atoms with Crippen LogP contribution in [0.2, 0.25) is 0 Å². The highest BCUT2D eigenvalue weighted by Gasteiger charge is 2.36. The summed E-state index contributed by atoms with van der Waals surface area (Å²) in [6.07, 6.45) is -0.594. The molecule has 4 rings (SSSR count). The summed E-state index contributed by atoms with van der Waals surface area (Å²) in [5.41, 5.74) is 1.22. The van der Waals surface area contributed by atoms with E-state index in [2.05, 4.69) is 10.2 Å². The highest BCUT2D eigenvalue weighted by atomic mass is 19.4. The maximum Gasteiger partial charge on any atom is 0.416 e. The SMILES string of the molecule is O=C(c1n[nH]c2c1CCCC(F)=C2)N1CCC(c2ccccc2C(F)(F)F)CC1. The number of piperidine rings is 1. The number of likely N-dealkylation sites (tertiary alicyclic amines) is 1. The number of carbonyl (C=O) groups excluding carboxylic acids is 1. The minimum atomic E-state index is -4.39. The first kappa shape index (κ1) is 19.7. The fourth-order valence-corrected chi connectivity index (χ4v) is 4.25. The fourth-order valence-electron chi connectivity index (χ4n) is 4.25. The van der Waals surface area contributed by atoms with E-state index < -0.39 is 11.7 Å². The smallest absolute Gasteiger partial charge is 0.337 e. The number of rotatable bonds is 2. The molecule has 0 bridgehead atoms. The van der Waals surface area contributed by atoms with Crippen LogP contribution in [0.5, 0.6) is 0 Å². The Bertz CT molecular complexity index is 940. The number of hydrogen-bond acceptors (Lipinski definition) is 2. The van der Waals surface area contributed by atoms with Crippen molar-refractivity contribution in [1.29, 1.82) is 0 Å². The van der Waals surface area contributed by atoms with E-state index in [4.69, 9.17) is 0 Å². The second kappa shape index (κ2) is 7.65. The molecule has 29 heavy (non-hydrogen) atoms. The van der Waals surface area contributed by atoms with Crippen LogP contribution in [0.25, 0.3) is 6.08 Å². The number of H-pyrrole nitrogens is 1. The van der Waals surface area contributed by atoms with E-state index >= 15 is 0 Å². The van der Waals surface area contributed by atoms with Crippen molar-refractivity contribution in [1.82, 2.24) is 15.1 Å². The average Bonchev–Trinajstić information content (AvgIpc) is 2.99. The Hall–Kier alpha value is -2.64. The number of nitrogens with one attached hydrogen (secondary N) is 1. The molecule has 1 aromatic carbocycles. The van der Waals surface area contributed by atoms with E-state index in [0.29, 0.717) is 67.7 Å². The summed E-state index contributed by atoms with van der Waals surface area (Å²) in [6.45, 7) is 0.725. The molecule has 1 saturated heterocycles. The van der Waals surface area contributed by atoms with Crippen LogP contribution in [0.4, 0.5) is 17.6 Å². The number of halogens is 4. The molecule has 0 radical (unpaired) electrons. The zero-order chi connectivity index (χ0) is 20.6. The van der Waals surface area contributed by atoms with Crippen molar-refractivity contribution in [3.63, 3.8) is 0 Å². The van der Waals surface area contributed by atoms with Gasteiger partial charge in [0.15, 0.2) is 5.69 Å². The number of aromatic nitrogens is 2. The second-order valence-electron chi connectivity index (χ2n) is 7.56. The van der Waals surface area contributed by atoms with Crippen LogP contribution >= 0.6 is 0 Å². The molecule has 1 aliphatic heterocycles. The predicted octanol–water partition coefficient (Wildman–Crippen LogP) is 5.10. The lowest BCUT2D eigenvalue weighted by Gasteiger charge is -2.33. The Morgan fingerprint density at radius 1 is 1.14 bits per heavy atom. The van der Waals surface area contributed by atoms with Gasteiger partial charge in [-0.15, -0.1) is 0 Å². The highest BCUT2D eigenvalue weighted by Crippen LogP contribution is 2.39. The van der Waals surface area contributed by atoms with Crippen LogP contribution in [0.15, 0.2) is 30.1 Å². The van der Waals surface area contributed by atoms with Crippen LogP contribution in [0, 0.1) is 0 Å². The molecule has 0 saturated carbocycles. The number of allylic oxidation sites excluding steroid dienone is 1. The van der Waals surface area contributed by atoms with Gasteiger partial charge < -0.3 is 4.90 Å². The molecule has 1 fully saturated rings. The third-order valence-electron chi connectivity index (χ3n) is 5.73. The molecular weight excluding hydrogens is 386 g/mol. The molecule has 154 valence electrons. The molecule has 2 aromatic rings. The Labute approximate surface area is 165 Å². The lowest BCUT2D eigenvalue weighted by Crippen LogP contribution is -2.38. The molecule has 1 N–H and O–H groups in total. The quantitative estimate of drug-likeness (QED) is 0.705. The Balaban J connectivity index is 1.48. The largest absolute Gasteiger partial charge is 0.416 e.